The lowest BCUT2D eigenvalue weighted by molar-refractivity contribution is -0.140. The van der Waals surface area contributed by atoms with Gasteiger partial charge in [-0.3, -0.25) is 13.9 Å². The molecular formula is C29H34ClN3O4S. The monoisotopic (exact) mass is 555 g/mol. The summed E-state index contributed by atoms with van der Waals surface area (Å²) in [6, 6.07) is 18.1. The fourth-order valence-electron chi connectivity index (χ4n) is 4.33. The van der Waals surface area contributed by atoms with Crippen molar-refractivity contribution in [3.8, 4) is 0 Å². The minimum absolute atomic E-state index is 0.0812. The fourth-order valence-corrected chi connectivity index (χ4v) is 5.86. The topological polar surface area (TPSA) is 86.8 Å². The van der Waals surface area contributed by atoms with Crippen LogP contribution in [0, 0.1) is 20.8 Å². The number of benzene rings is 3. The lowest BCUT2D eigenvalue weighted by atomic mass is 10.1. The number of amides is 2. The second kappa shape index (κ2) is 12.5. The second-order valence-electron chi connectivity index (χ2n) is 9.36. The maximum absolute atomic E-state index is 13.9. The smallest absolute Gasteiger partial charge is 0.264 e. The van der Waals surface area contributed by atoms with E-state index in [-0.39, 0.29) is 17.3 Å². The van der Waals surface area contributed by atoms with E-state index in [2.05, 4.69) is 5.32 Å². The summed E-state index contributed by atoms with van der Waals surface area (Å²) in [4.78, 5) is 28.2. The van der Waals surface area contributed by atoms with Crippen molar-refractivity contribution in [3.63, 3.8) is 0 Å². The van der Waals surface area contributed by atoms with Gasteiger partial charge in [-0.05, 0) is 80.3 Å². The van der Waals surface area contributed by atoms with Gasteiger partial charge in [0.05, 0.1) is 10.6 Å². The molecule has 2 amide bonds. The summed E-state index contributed by atoms with van der Waals surface area (Å²) in [7, 11) is -2.59. The van der Waals surface area contributed by atoms with Crippen LogP contribution in [0.1, 0.15) is 35.6 Å². The minimum Gasteiger partial charge on any atom is -0.357 e. The molecule has 7 nitrogen and oxygen atoms in total. The molecule has 0 heterocycles. The van der Waals surface area contributed by atoms with Crippen molar-refractivity contribution in [3.05, 3.63) is 94.0 Å². The van der Waals surface area contributed by atoms with Gasteiger partial charge in [0.25, 0.3) is 10.0 Å². The molecule has 3 rings (SSSR count). The molecule has 0 aliphatic rings. The number of rotatable bonds is 10. The Kier molecular flexibility index (Phi) is 9.57. The number of halogens is 1. The van der Waals surface area contributed by atoms with E-state index >= 15 is 0 Å². The van der Waals surface area contributed by atoms with E-state index < -0.39 is 28.5 Å². The molecule has 202 valence electrons. The predicted molar refractivity (Wildman–Crippen MR) is 152 cm³/mol. The zero-order chi connectivity index (χ0) is 28.0. The van der Waals surface area contributed by atoms with Crippen molar-refractivity contribution in [2.75, 3.05) is 17.9 Å². The standard InChI is InChI=1S/C29H34ClN3O4S/c1-6-27(29(35)31-5)32(18-23-9-11-24(30)12-10-23)28(34)19-33(25-16-21(3)15-22(4)17-25)38(36,37)26-13-7-20(2)8-14-26/h7-17,27H,6,18-19H2,1-5H3,(H,31,35). The molecular weight excluding hydrogens is 522 g/mol. The Balaban J connectivity index is 2.09. The van der Waals surface area contributed by atoms with Crippen LogP contribution in [0.15, 0.2) is 71.6 Å². The van der Waals surface area contributed by atoms with Crippen molar-refractivity contribution in [1.82, 2.24) is 10.2 Å². The van der Waals surface area contributed by atoms with Gasteiger partial charge in [-0.1, -0.05) is 54.4 Å². The van der Waals surface area contributed by atoms with Gasteiger partial charge >= 0.3 is 0 Å². The Morgan fingerprint density at radius 1 is 0.895 bits per heavy atom. The van der Waals surface area contributed by atoms with Gasteiger partial charge in [0.1, 0.15) is 12.6 Å². The number of hydrogen-bond donors (Lipinski definition) is 1. The SMILES string of the molecule is CCC(C(=O)NC)N(Cc1ccc(Cl)cc1)C(=O)CN(c1cc(C)cc(C)c1)S(=O)(=O)c1ccc(C)cc1. The fraction of sp³-hybridized carbons (Fsp3) is 0.310. The number of carbonyl (C=O) groups is 2. The highest BCUT2D eigenvalue weighted by atomic mass is 35.5. The summed E-state index contributed by atoms with van der Waals surface area (Å²) in [5, 5.41) is 3.17. The van der Waals surface area contributed by atoms with Gasteiger partial charge in [0, 0.05) is 18.6 Å². The highest BCUT2D eigenvalue weighted by Crippen LogP contribution is 2.27. The van der Waals surface area contributed by atoms with E-state index in [1.807, 2.05) is 33.8 Å². The average molecular weight is 556 g/mol. The van der Waals surface area contributed by atoms with Crippen LogP contribution in [0.2, 0.25) is 5.02 Å². The van der Waals surface area contributed by atoms with Crippen LogP contribution in [0.5, 0.6) is 0 Å². The number of anilines is 1. The number of hydrogen-bond acceptors (Lipinski definition) is 4. The molecule has 0 spiro atoms. The zero-order valence-corrected chi connectivity index (χ0v) is 23.9. The summed E-state index contributed by atoms with van der Waals surface area (Å²) in [5.74, 6) is -0.820. The molecule has 0 radical (unpaired) electrons. The van der Waals surface area contributed by atoms with Gasteiger partial charge in [-0.25, -0.2) is 8.42 Å². The van der Waals surface area contributed by atoms with Gasteiger partial charge in [-0.2, -0.15) is 0 Å². The van der Waals surface area contributed by atoms with Gasteiger partial charge in [0.15, 0.2) is 0 Å². The molecule has 0 aliphatic carbocycles. The Morgan fingerprint density at radius 3 is 2.00 bits per heavy atom. The van der Waals surface area contributed by atoms with Crippen LogP contribution in [0.3, 0.4) is 0 Å². The van der Waals surface area contributed by atoms with Crippen LogP contribution in [-0.4, -0.2) is 44.8 Å². The molecule has 3 aromatic carbocycles. The Morgan fingerprint density at radius 2 is 1.47 bits per heavy atom. The number of aryl methyl sites for hydroxylation is 3. The van der Waals surface area contributed by atoms with Crippen molar-refractivity contribution in [2.45, 2.75) is 51.6 Å². The van der Waals surface area contributed by atoms with Gasteiger partial charge in [0.2, 0.25) is 11.8 Å². The first kappa shape index (κ1) is 29.2. The molecule has 0 saturated heterocycles. The third kappa shape index (κ3) is 6.94. The van der Waals surface area contributed by atoms with E-state index in [1.54, 1.807) is 48.5 Å². The van der Waals surface area contributed by atoms with Gasteiger partial charge in [-0.15, -0.1) is 0 Å². The number of sulfonamides is 1. The summed E-state index contributed by atoms with van der Waals surface area (Å²) < 4.78 is 29.0. The Labute approximate surface area is 230 Å². The molecule has 38 heavy (non-hydrogen) atoms. The highest BCUT2D eigenvalue weighted by Gasteiger charge is 2.33. The number of carbonyl (C=O) groups excluding carboxylic acids is 2. The lowest BCUT2D eigenvalue weighted by Crippen LogP contribution is -2.51. The van der Waals surface area contributed by atoms with E-state index in [9.17, 15) is 18.0 Å². The summed E-state index contributed by atoms with van der Waals surface area (Å²) >= 11 is 6.04. The third-order valence-corrected chi connectivity index (χ3v) is 8.32. The maximum atomic E-state index is 13.9. The van der Waals surface area contributed by atoms with Crippen LogP contribution in [-0.2, 0) is 26.2 Å². The largest absolute Gasteiger partial charge is 0.357 e. The molecule has 0 saturated carbocycles. The van der Waals surface area contributed by atoms with Crippen LogP contribution < -0.4 is 9.62 Å². The molecule has 0 aromatic heterocycles. The molecule has 1 unspecified atom stereocenters. The van der Waals surface area contributed by atoms with E-state index in [1.165, 1.54) is 24.1 Å². The third-order valence-electron chi connectivity index (χ3n) is 6.28. The van der Waals surface area contributed by atoms with Crippen LogP contribution in [0.25, 0.3) is 0 Å². The molecule has 1 atom stereocenters. The first-order chi connectivity index (χ1) is 18.0. The highest BCUT2D eigenvalue weighted by molar-refractivity contribution is 7.92. The number of likely N-dealkylation sites (N-methyl/N-ethyl adjacent to an activating group) is 1. The first-order valence-corrected chi connectivity index (χ1v) is 14.2. The van der Waals surface area contributed by atoms with Crippen molar-refractivity contribution >= 4 is 39.1 Å². The number of nitrogens with one attached hydrogen (secondary N) is 1. The van der Waals surface area contributed by atoms with Crippen LogP contribution in [0.4, 0.5) is 5.69 Å². The predicted octanol–water partition coefficient (Wildman–Crippen LogP) is 5.01. The molecule has 1 N–H and O–H groups in total. The summed E-state index contributed by atoms with van der Waals surface area (Å²) in [6.07, 6.45) is 0.354. The molecule has 3 aromatic rings. The van der Waals surface area contributed by atoms with Crippen molar-refractivity contribution in [1.29, 1.82) is 0 Å². The normalized spacial score (nSPS) is 12.1. The summed E-state index contributed by atoms with van der Waals surface area (Å²) in [5.41, 5.74) is 3.81. The van der Waals surface area contributed by atoms with E-state index in [0.717, 1.165) is 26.6 Å². The minimum atomic E-state index is -4.10. The van der Waals surface area contributed by atoms with Gasteiger partial charge < -0.3 is 10.2 Å². The molecule has 0 bridgehead atoms. The first-order valence-electron chi connectivity index (χ1n) is 12.4. The quantitative estimate of drug-likeness (QED) is 0.381. The van der Waals surface area contributed by atoms with Crippen molar-refractivity contribution < 1.29 is 18.0 Å². The second-order valence-corrected chi connectivity index (χ2v) is 11.7. The Hall–Kier alpha value is -3.36. The van der Waals surface area contributed by atoms with Crippen molar-refractivity contribution in [2.24, 2.45) is 0 Å². The molecule has 9 heteroatoms. The average Bonchev–Trinajstić information content (AvgIpc) is 2.87. The van der Waals surface area contributed by atoms with E-state index in [4.69, 9.17) is 11.6 Å². The molecule has 0 fully saturated rings. The Bertz CT molecular complexity index is 1370. The number of nitrogens with zero attached hydrogens (tertiary/aromatic N) is 2. The maximum Gasteiger partial charge on any atom is 0.264 e. The lowest BCUT2D eigenvalue weighted by Gasteiger charge is -2.33. The van der Waals surface area contributed by atoms with E-state index in [0.29, 0.717) is 17.1 Å². The summed E-state index contributed by atoms with van der Waals surface area (Å²) in [6.45, 7) is 7.08. The van der Waals surface area contributed by atoms with Crippen LogP contribution >= 0.6 is 11.6 Å². The zero-order valence-electron chi connectivity index (χ0n) is 22.4. The molecule has 0 aliphatic heterocycles.